The summed E-state index contributed by atoms with van der Waals surface area (Å²) >= 11 is 1.58. The van der Waals surface area contributed by atoms with Gasteiger partial charge in [0.15, 0.2) is 4.80 Å². The minimum Gasteiger partial charge on any atom is -0.478 e. The van der Waals surface area contributed by atoms with Gasteiger partial charge in [0, 0.05) is 22.7 Å². The van der Waals surface area contributed by atoms with Crippen molar-refractivity contribution in [1.82, 2.24) is 4.57 Å². The summed E-state index contributed by atoms with van der Waals surface area (Å²) in [6.45, 7) is 9.52. The Morgan fingerprint density at radius 1 is 1.19 bits per heavy atom. The Kier molecular flexibility index (Phi) is 4.88. The van der Waals surface area contributed by atoms with Crippen LogP contribution in [0, 0.1) is 12.8 Å². The Bertz CT molecular complexity index is 910. The van der Waals surface area contributed by atoms with Crippen molar-refractivity contribution < 1.29 is 14.7 Å². The molecule has 1 amide bonds. The summed E-state index contributed by atoms with van der Waals surface area (Å²) in [4.78, 5) is 29.9. The quantitative estimate of drug-likeness (QED) is 0.881. The number of aromatic carboxylic acids is 1. The van der Waals surface area contributed by atoms with E-state index in [1.54, 1.807) is 11.3 Å². The van der Waals surface area contributed by atoms with E-state index in [9.17, 15) is 9.59 Å². The molecule has 26 heavy (non-hydrogen) atoms. The number of hydrogen-bond acceptors (Lipinski definition) is 3. The number of carbonyl (C=O) groups is 2. The SMILES string of the molecule is Cc1c(C(C)(C)C)sc(=NC(=O)c2ccc(C(=O)O)cc2)n1CC1CC1. The fourth-order valence-electron chi connectivity index (χ4n) is 2.95. The predicted molar refractivity (Wildman–Crippen MR) is 102 cm³/mol. The maximum absolute atomic E-state index is 12.6. The molecule has 5 nitrogen and oxygen atoms in total. The minimum atomic E-state index is -1.01. The van der Waals surface area contributed by atoms with E-state index in [1.807, 2.05) is 0 Å². The van der Waals surface area contributed by atoms with Gasteiger partial charge in [0.1, 0.15) is 0 Å². The molecule has 0 spiro atoms. The fourth-order valence-corrected chi connectivity index (χ4v) is 4.14. The Balaban J connectivity index is 2.00. The zero-order chi connectivity index (χ0) is 19.1. The number of rotatable bonds is 4. The highest BCUT2D eigenvalue weighted by molar-refractivity contribution is 7.09. The average Bonchev–Trinajstić information content (AvgIpc) is 3.33. The van der Waals surface area contributed by atoms with E-state index in [2.05, 4.69) is 37.3 Å². The number of aromatic nitrogens is 1. The molecule has 1 aromatic heterocycles. The van der Waals surface area contributed by atoms with Crippen LogP contribution in [-0.4, -0.2) is 21.6 Å². The number of carboxylic acids is 1. The van der Waals surface area contributed by atoms with E-state index in [4.69, 9.17) is 5.11 Å². The summed E-state index contributed by atoms with van der Waals surface area (Å²) in [6, 6.07) is 5.91. The number of benzene rings is 1. The largest absolute Gasteiger partial charge is 0.478 e. The number of hydrogen-bond donors (Lipinski definition) is 1. The van der Waals surface area contributed by atoms with Crippen LogP contribution in [0.1, 0.15) is 64.9 Å². The van der Waals surface area contributed by atoms with Gasteiger partial charge in [0.05, 0.1) is 5.56 Å². The van der Waals surface area contributed by atoms with Crippen LogP contribution in [0.3, 0.4) is 0 Å². The van der Waals surface area contributed by atoms with E-state index < -0.39 is 5.97 Å². The molecule has 1 aliphatic carbocycles. The van der Waals surface area contributed by atoms with Crippen LogP contribution >= 0.6 is 11.3 Å². The third-order valence-electron chi connectivity index (χ3n) is 4.55. The molecule has 1 aromatic carbocycles. The molecule has 0 radical (unpaired) electrons. The van der Waals surface area contributed by atoms with Crippen molar-refractivity contribution in [3.63, 3.8) is 0 Å². The molecule has 0 atom stereocenters. The molecule has 138 valence electrons. The smallest absolute Gasteiger partial charge is 0.335 e. The molecule has 0 unspecified atom stereocenters. The average molecular weight is 372 g/mol. The first-order valence-electron chi connectivity index (χ1n) is 8.80. The Labute approximate surface area is 157 Å². The monoisotopic (exact) mass is 372 g/mol. The highest BCUT2D eigenvalue weighted by Crippen LogP contribution is 2.33. The number of amides is 1. The maximum atomic E-state index is 12.6. The van der Waals surface area contributed by atoms with Gasteiger partial charge in [-0.05, 0) is 55.4 Å². The van der Waals surface area contributed by atoms with E-state index in [-0.39, 0.29) is 16.9 Å². The van der Waals surface area contributed by atoms with Crippen LogP contribution < -0.4 is 4.80 Å². The first kappa shape index (κ1) is 18.6. The molecule has 0 aliphatic heterocycles. The van der Waals surface area contributed by atoms with Gasteiger partial charge in [0.25, 0.3) is 5.91 Å². The van der Waals surface area contributed by atoms with Gasteiger partial charge < -0.3 is 9.67 Å². The first-order valence-corrected chi connectivity index (χ1v) is 9.61. The van der Waals surface area contributed by atoms with E-state index in [0.29, 0.717) is 11.5 Å². The second kappa shape index (κ2) is 6.83. The fraction of sp³-hybridized carbons (Fsp3) is 0.450. The van der Waals surface area contributed by atoms with Gasteiger partial charge in [0.2, 0.25) is 0 Å². The Hall–Kier alpha value is -2.21. The number of thiazole rings is 1. The summed E-state index contributed by atoms with van der Waals surface area (Å²) < 4.78 is 2.17. The van der Waals surface area contributed by atoms with E-state index in [1.165, 1.54) is 47.7 Å². The number of carboxylic acid groups (broad SMARTS) is 1. The van der Waals surface area contributed by atoms with Gasteiger partial charge in [-0.1, -0.05) is 20.8 Å². The van der Waals surface area contributed by atoms with Crippen molar-refractivity contribution in [3.05, 3.63) is 50.8 Å². The lowest BCUT2D eigenvalue weighted by atomic mass is 9.93. The molecule has 1 saturated carbocycles. The molecule has 1 fully saturated rings. The number of nitrogens with zero attached hydrogens (tertiary/aromatic N) is 2. The van der Waals surface area contributed by atoms with Crippen LogP contribution in [0.5, 0.6) is 0 Å². The molecule has 2 aromatic rings. The lowest BCUT2D eigenvalue weighted by molar-refractivity contribution is 0.0696. The molecule has 0 saturated heterocycles. The van der Waals surface area contributed by atoms with Crippen LogP contribution in [0.15, 0.2) is 29.3 Å². The van der Waals surface area contributed by atoms with Gasteiger partial charge in [-0.2, -0.15) is 4.99 Å². The summed E-state index contributed by atoms with van der Waals surface area (Å²) in [5.41, 5.74) is 1.74. The van der Waals surface area contributed by atoms with E-state index >= 15 is 0 Å². The molecule has 1 aliphatic rings. The normalized spacial score (nSPS) is 15.3. The zero-order valence-corrected chi connectivity index (χ0v) is 16.4. The van der Waals surface area contributed by atoms with Crippen LogP contribution in [0.25, 0.3) is 0 Å². The van der Waals surface area contributed by atoms with Gasteiger partial charge in [-0.25, -0.2) is 4.79 Å². The van der Waals surface area contributed by atoms with Crippen molar-refractivity contribution in [3.8, 4) is 0 Å². The second-order valence-corrected chi connectivity index (χ2v) is 8.88. The highest BCUT2D eigenvalue weighted by Gasteiger charge is 2.27. The van der Waals surface area contributed by atoms with Crippen molar-refractivity contribution >= 4 is 23.2 Å². The number of carbonyl (C=O) groups excluding carboxylic acids is 1. The van der Waals surface area contributed by atoms with Crippen LogP contribution in [0.4, 0.5) is 0 Å². The summed E-state index contributed by atoms with van der Waals surface area (Å²) in [5.74, 6) is -0.667. The predicted octanol–water partition coefficient (Wildman–Crippen LogP) is 4.00. The lowest BCUT2D eigenvalue weighted by Gasteiger charge is -2.17. The Morgan fingerprint density at radius 3 is 2.27 bits per heavy atom. The van der Waals surface area contributed by atoms with Crippen molar-refractivity contribution in [2.75, 3.05) is 0 Å². The molecule has 6 heteroatoms. The molecule has 1 heterocycles. The van der Waals surface area contributed by atoms with Crippen LogP contribution in [0.2, 0.25) is 0 Å². The standard InChI is InChI=1S/C20H24N2O3S/c1-12-16(20(2,3)4)26-19(22(12)11-13-5-6-13)21-17(23)14-7-9-15(10-8-14)18(24)25/h7-10,13H,5-6,11H2,1-4H3,(H,24,25). The summed E-state index contributed by atoms with van der Waals surface area (Å²) in [6.07, 6.45) is 2.47. The summed E-state index contributed by atoms with van der Waals surface area (Å²) in [7, 11) is 0. The van der Waals surface area contributed by atoms with Gasteiger partial charge in [-0.3, -0.25) is 4.79 Å². The van der Waals surface area contributed by atoms with Gasteiger partial charge >= 0.3 is 5.97 Å². The third kappa shape index (κ3) is 3.96. The van der Waals surface area contributed by atoms with Crippen molar-refractivity contribution in [1.29, 1.82) is 0 Å². The molecular weight excluding hydrogens is 348 g/mol. The molecule has 1 N–H and O–H groups in total. The minimum absolute atomic E-state index is 0.00000437. The topological polar surface area (TPSA) is 71.7 Å². The van der Waals surface area contributed by atoms with E-state index in [0.717, 1.165) is 11.3 Å². The van der Waals surface area contributed by atoms with Crippen molar-refractivity contribution in [2.24, 2.45) is 10.9 Å². The third-order valence-corrected chi connectivity index (χ3v) is 6.16. The first-order chi connectivity index (χ1) is 12.2. The zero-order valence-electron chi connectivity index (χ0n) is 15.6. The highest BCUT2D eigenvalue weighted by atomic mass is 32.1. The maximum Gasteiger partial charge on any atom is 0.335 e. The lowest BCUT2D eigenvalue weighted by Crippen LogP contribution is -2.19. The molecule has 3 rings (SSSR count). The van der Waals surface area contributed by atoms with Crippen LogP contribution in [-0.2, 0) is 12.0 Å². The van der Waals surface area contributed by atoms with Crippen molar-refractivity contribution in [2.45, 2.75) is 52.5 Å². The molecule has 0 bridgehead atoms. The molecular formula is C20H24N2O3S. The Morgan fingerprint density at radius 2 is 1.77 bits per heavy atom. The second-order valence-electron chi connectivity index (χ2n) is 7.90. The summed E-state index contributed by atoms with van der Waals surface area (Å²) in [5, 5.41) is 8.98. The van der Waals surface area contributed by atoms with Gasteiger partial charge in [-0.15, -0.1) is 11.3 Å².